The highest BCUT2D eigenvalue weighted by Crippen LogP contribution is 2.06. The minimum Gasteiger partial charge on any atom is -0.466 e. The van der Waals surface area contributed by atoms with Gasteiger partial charge in [-0.25, -0.2) is 0 Å². The number of hydrogen-bond acceptors (Lipinski definition) is 2. The third-order valence-electron chi connectivity index (χ3n) is 1.92. The summed E-state index contributed by atoms with van der Waals surface area (Å²) in [5, 5.41) is 0. The lowest BCUT2D eigenvalue weighted by molar-refractivity contribution is -0.143. The minimum absolute atomic E-state index is 0.132. The van der Waals surface area contributed by atoms with E-state index in [1.54, 1.807) is 0 Å². The average Bonchev–Trinajstić information content (AvgIpc) is 2.18. The van der Waals surface area contributed by atoms with E-state index < -0.39 is 0 Å². The number of carbonyl (C=O) groups is 1. The number of hydrogen-bond donors (Lipinski definition) is 0. The predicted octanol–water partition coefficient (Wildman–Crippen LogP) is 4.03. The van der Waals surface area contributed by atoms with Gasteiger partial charge < -0.3 is 4.74 Å². The average molecular weight is 334 g/mol. The highest BCUT2D eigenvalue weighted by atomic mass is 127. The Balaban J connectivity index is 4.04. The molecule has 0 aliphatic rings. The van der Waals surface area contributed by atoms with E-state index in [0.29, 0.717) is 13.0 Å². The van der Waals surface area contributed by atoms with Crippen LogP contribution in [-0.2, 0) is 9.53 Å². The molecule has 0 bridgehead atoms. The Kier molecular flexibility index (Phi) is 9.28. The molecule has 0 rings (SSSR count). The lowest BCUT2D eigenvalue weighted by Gasteiger charge is -2.04. The first-order valence-corrected chi connectivity index (χ1v) is 6.62. The Bertz CT molecular complexity index is 290. The number of carbonyl (C=O) groups excluding carboxylic acids is 1. The lowest BCUT2D eigenvalue weighted by atomic mass is 10.1. The molecular formula is C13H19IO2. The van der Waals surface area contributed by atoms with Crippen LogP contribution in [0.15, 0.2) is 34.0 Å². The fourth-order valence-electron chi connectivity index (χ4n) is 1.10. The van der Waals surface area contributed by atoms with Crippen molar-refractivity contribution in [3.63, 3.8) is 0 Å². The van der Waals surface area contributed by atoms with E-state index in [1.807, 2.05) is 49.2 Å². The van der Waals surface area contributed by atoms with Gasteiger partial charge in [-0.15, -0.1) is 0 Å². The summed E-state index contributed by atoms with van der Waals surface area (Å²) in [6, 6.07) is 0. The van der Waals surface area contributed by atoms with Gasteiger partial charge in [0.25, 0.3) is 0 Å². The van der Waals surface area contributed by atoms with E-state index in [9.17, 15) is 4.79 Å². The fraction of sp³-hybridized carbons (Fsp3) is 0.462. The smallest absolute Gasteiger partial charge is 0.306 e. The SMILES string of the molecule is CCOC(=O)C[C@@H](C)/C=C/C=C(C)\C=C\I. The summed E-state index contributed by atoms with van der Waals surface area (Å²) in [6.45, 7) is 6.32. The van der Waals surface area contributed by atoms with Crippen molar-refractivity contribution in [2.24, 2.45) is 5.92 Å². The maximum Gasteiger partial charge on any atom is 0.306 e. The summed E-state index contributed by atoms with van der Waals surface area (Å²) >= 11 is 2.19. The quantitative estimate of drug-likeness (QED) is 0.416. The van der Waals surface area contributed by atoms with Crippen LogP contribution in [0.2, 0.25) is 0 Å². The normalized spacial score (nSPS) is 14.6. The Morgan fingerprint density at radius 2 is 2.19 bits per heavy atom. The molecule has 0 aliphatic heterocycles. The summed E-state index contributed by atoms with van der Waals surface area (Å²) in [6.07, 6.45) is 8.49. The van der Waals surface area contributed by atoms with Crippen LogP contribution < -0.4 is 0 Å². The Hall–Kier alpha value is -0.580. The molecule has 0 aromatic rings. The summed E-state index contributed by atoms with van der Waals surface area (Å²) < 4.78 is 6.85. The molecule has 0 aromatic carbocycles. The van der Waals surface area contributed by atoms with E-state index >= 15 is 0 Å². The second-order valence-electron chi connectivity index (χ2n) is 3.57. The summed E-state index contributed by atoms with van der Waals surface area (Å²) in [4.78, 5) is 11.2. The second-order valence-corrected chi connectivity index (χ2v) is 4.29. The van der Waals surface area contributed by atoms with Crippen molar-refractivity contribution in [2.75, 3.05) is 6.61 Å². The van der Waals surface area contributed by atoms with Crippen molar-refractivity contribution in [1.29, 1.82) is 0 Å². The van der Waals surface area contributed by atoms with Crippen LogP contribution in [0.5, 0.6) is 0 Å². The molecule has 1 atom stereocenters. The minimum atomic E-state index is -0.132. The van der Waals surface area contributed by atoms with Crippen LogP contribution in [0.25, 0.3) is 0 Å². The van der Waals surface area contributed by atoms with E-state index in [0.717, 1.165) is 0 Å². The highest BCUT2D eigenvalue weighted by Gasteiger charge is 2.05. The van der Waals surface area contributed by atoms with Crippen LogP contribution >= 0.6 is 22.6 Å². The standard InChI is InChI=1S/C13H19IO2/c1-4-16-13(15)10-12(3)7-5-6-11(2)8-9-14/h5-9,12H,4,10H2,1-3H3/b7-5+,9-8+,11-6-/t12-/m0/s1. The summed E-state index contributed by atoms with van der Waals surface area (Å²) in [5.74, 6) is 0.0826. The van der Waals surface area contributed by atoms with Gasteiger partial charge in [0.15, 0.2) is 0 Å². The fourth-order valence-corrected chi connectivity index (χ4v) is 1.67. The molecule has 90 valence electrons. The third kappa shape index (κ3) is 8.71. The van der Waals surface area contributed by atoms with Gasteiger partial charge in [0.1, 0.15) is 0 Å². The first-order valence-electron chi connectivity index (χ1n) is 5.37. The molecular weight excluding hydrogens is 315 g/mol. The van der Waals surface area contributed by atoms with Crippen molar-refractivity contribution in [2.45, 2.75) is 27.2 Å². The lowest BCUT2D eigenvalue weighted by Crippen LogP contribution is -2.07. The predicted molar refractivity (Wildman–Crippen MR) is 76.5 cm³/mol. The van der Waals surface area contributed by atoms with Gasteiger partial charge >= 0.3 is 5.97 Å². The van der Waals surface area contributed by atoms with Crippen LogP contribution in [0.1, 0.15) is 27.2 Å². The molecule has 0 amide bonds. The number of halogens is 1. The molecule has 0 fully saturated rings. The molecule has 16 heavy (non-hydrogen) atoms. The molecule has 0 N–H and O–H groups in total. The molecule has 0 saturated carbocycles. The largest absolute Gasteiger partial charge is 0.466 e. The van der Waals surface area contributed by atoms with Crippen molar-refractivity contribution >= 4 is 28.6 Å². The molecule has 2 nitrogen and oxygen atoms in total. The Labute approximate surface area is 112 Å². The number of ether oxygens (including phenoxy) is 1. The zero-order chi connectivity index (χ0) is 12.4. The first kappa shape index (κ1) is 15.4. The molecule has 0 unspecified atom stereocenters. The monoisotopic (exact) mass is 334 g/mol. The van der Waals surface area contributed by atoms with Crippen LogP contribution in [0.4, 0.5) is 0 Å². The van der Waals surface area contributed by atoms with E-state index in [2.05, 4.69) is 22.6 Å². The molecule has 0 radical (unpaired) electrons. The van der Waals surface area contributed by atoms with Crippen molar-refractivity contribution < 1.29 is 9.53 Å². The molecule has 0 heterocycles. The van der Waals surface area contributed by atoms with Crippen molar-refractivity contribution in [3.8, 4) is 0 Å². The van der Waals surface area contributed by atoms with Crippen LogP contribution in [0.3, 0.4) is 0 Å². The van der Waals surface area contributed by atoms with Crippen molar-refractivity contribution in [3.05, 3.63) is 34.0 Å². The molecule has 3 heteroatoms. The second kappa shape index (κ2) is 9.63. The molecule has 0 aliphatic carbocycles. The van der Waals surface area contributed by atoms with Crippen LogP contribution in [-0.4, -0.2) is 12.6 Å². The molecule has 0 aromatic heterocycles. The Morgan fingerprint density at radius 1 is 1.50 bits per heavy atom. The van der Waals surface area contributed by atoms with Gasteiger partial charge in [-0.05, 0) is 23.8 Å². The van der Waals surface area contributed by atoms with Gasteiger partial charge in [0, 0.05) is 0 Å². The van der Waals surface area contributed by atoms with Gasteiger partial charge in [0.2, 0.25) is 0 Å². The first-order chi connectivity index (χ1) is 7.60. The number of allylic oxidation sites excluding steroid dienone is 5. The van der Waals surface area contributed by atoms with E-state index in [4.69, 9.17) is 4.74 Å². The number of esters is 1. The van der Waals surface area contributed by atoms with E-state index in [-0.39, 0.29) is 11.9 Å². The zero-order valence-corrected chi connectivity index (χ0v) is 12.2. The van der Waals surface area contributed by atoms with Gasteiger partial charge in [0.05, 0.1) is 13.0 Å². The van der Waals surface area contributed by atoms with Gasteiger partial charge in [-0.1, -0.05) is 59.4 Å². The Morgan fingerprint density at radius 3 is 2.75 bits per heavy atom. The molecule has 0 spiro atoms. The maximum absolute atomic E-state index is 11.2. The molecule has 0 saturated heterocycles. The van der Waals surface area contributed by atoms with E-state index in [1.165, 1.54) is 5.57 Å². The zero-order valence-electron chi connectivity index (χ0n) is 10.1. The van der Waals surface area contributed by atoms with Crippen LogP contribution in [0, 0.1) is 5.92 Å². The summed E-state index contributed by atoms with van der Waals surface area (Å²) in [5.41, 5.74) is 1.19. The third-order valence-corrected chi connectivity index (χ3v) is 2.28. The summed E-state index contributed by atoms with van der Waals surface area (Å²) in [7, 11) is 0. The van der Waals surface area contributed by atoms with Crippen molar-refractivity contribution in [1.82, 2.24) is 0 Å². The maximum atomic E-state index is 11.2. The van der Waals surface area contributed by atoms with Gasteiger partial charge in [-0.2, -0.15) is 0 Å². The highest BCUT2D eigenvalue weighted by molar-refractivity contribution is 14.1. The number of rotatable bonds is 6. The van der Waals surface area contributed by atoms with Gasteiger partial charge in [-0.3, -0.25) is 4.79 Å². The topological polar surface area (TPSA) is 26.3 Å².